The number of rotatable bonds is 9. The van der Waals surface area contributed by atoms with E-state index in [-0.39, 0.29) is 6.61 Å². The molecule has 1 rings (SSSR count). The number of ether oxygens (including phenoxy) is 1. The van der Waals surface area contributed by atoms with Crippen molar-refractivity contribution < 1.29 is 9.84 Å². The topological polar surface area (TPSA) is 60.2 Å². The number of thioether (sulfide) groups is 1. The first kappa shape index (κ1) is 17.2. The summed E-state index contributed by atoms with van der Waals surface area (Å²) in [5, 5.41) is 13.9. The van der Waals surface area contributed by atoms with Crippen LogP contribution in [-0.2, 0) is 11.5 Å². The summed E-state index contributed by atoms with van der Waals surface area (Å²) in [5.41, 5.74) is 0. The van der Waals surface area contributed by atoms with E-state index >= 15 is 0 Å². The smallest absolute Gasteiger partial charge is 0.218 e. The van der Waals surface area contributed by atoms with Crippen LogP contribution in [0.2, 0.25) is 25.7 Å². The molecule has 0 unspecified atom stereocenters. The molecule has 110 valence electrons. The average molecular weight is 368 g/mol. The summed E-state index contributed by atoms with van der Waals surface area (Å²) in [6.07, 6.45) is 0.756. The van der Waals surface area contributed by atoms with Gasteiger partial charge < -0.3 is 9.84 Å². The molecule has 5 nitrogen and oxygen atoms in total. The summed E-state index contributed by atoms with van der Waals surface area (Å²) in [7, 11) is -1.04. The summed E-state index contributed by atoms with van der Waals surface area (Å²) < 4.78 is 8.00. The molecule has 1 aromatic rings. The largest absolute Gasteiger partial charge is 0.396 e. The maximum absolute atomic E-state index is 8.78. The van der Waals surface area contributed by atoms with E-state index in [1.54, 1.807) is 16.4 Å². The minimum Gasteiger partial charge on any atom is -0.396 e. The van der Waals surface area contributed by atoms with E-state index in [0.717, 1.165) is 30.0 Å². The summed E-state index contributed by atoms with van der Waals surface area (Å²) in [6.45, 7) is 8.41. The highest BCUT2D eigenvalue weighted by atomic mass is 79.9. The zero-order valence-electron chi connectivity index (χ0n) is 11.7. The molecular weight excluding hydrogens is 346 g/mol. The Morgan fingerprint density at radius 1 is 1.42 bits per heavy atom. The van der Waals surface area contributed by atoms with Gasteiger partial charge in [0, 0.05) is 27.0 Å². The Hall–Kier alpha value is 0.107. The van der Waals surface area contributed by atoms with E-state index in [1.807, 2.05) is 0 Å². The molecule has 0 aliphatic rings. The minimum absolute atomic E-state index is 0.203. The van der Waals surface area contributed by atoms with Crippen LogP contribution < -0.4 is 0 Å². The lowest BCUT2D eigenvalue weighted by atomic mass is 10.5. The summed E-state index contributed by atoms with van der Waals surface area (Å²) >= 11 is 4.86. The van der Waals surface area contributed by atoms with Gasteiger partial charge in [0.15, 0.2) is 5.16 Å². The second kappa shape index (κ2) is 8.41. The lowest BCUT2D eigenvalue weighted by molar-refractivity contribution is 0.0718. The maximum Gasteiger partial charge on any atom is 0.218 e. The van der Waals surface area contributed by atoms with Gasteiger partial charge in [-0.3, -0.25) is 0 Å². The highest BCUT2D eigenvalue weighted by Crippen LogP contribution is 2.19. The van der Waals surface area contributed by atoms with Gasteiger partial charge in [-0.15, -0.1) is 5.10 Å². The van der Waals surface area contributed by atoms with Crippen LogP contribution in [0.3, 0.4) is 0 Å². The van der Waals surface area contributed by atoms with E-state index in [9.17, 15) is 0 Å². The third-order valence-electron chi connectivity index (χ3n) is 2.36. The molecule has 0 aliphatic carbocycles. The molecule has 19 heavy (non-hydrogen) atoms. The molecule has 0 aliphatic heterocycles. The SMILES string of the molecule is C[Si](C)(C)CCOCn1nc(Br)nc1SCCCO. The van der Waals surface area contributed by atoms with Crippen LogP contribution in [0.25, 0.3) is 0 Å². The van der Waals surface area contributed by atoms with Gasteiger partial charge in [0.2, 0.25) is 4.73 Å². The second-order valence-corrected chi connectivity index (χ2v) is 12.8. The van der Waals surface area contributed by atoms with Crippen molar-refractivity contribution in [2.24, 2.45) is 0 Å². The van der Waals surface area contributed by atoms with Crippen LogP contribution in [0.15, 0.2) is 9.89 Å². The molecule has 1 aromatic heterocycles. The molecule has 0 spiro atoms. The number of hydrogen-bond donors (Lipinski definition) is 1. The summed E-state index contributed by atoms with van der Waals surface area (Å²) in [6, 6.07) is 1.15. The van der Waals surface area contributed by atoms with Gasteiger partial charge in [0.05, 0.1) is 0 Å². The van der Waals surface area contributed by atoms with Gasteiger partial charge in [-0.25, -0.2) is 4.68 Å². The van der Waals surface area contributed by atoms with Gasteiger partial charge >= 0.3 is 0 Å². The van der Waals surface area contributed by atoms with Crippen molar-refractivity contribution in [1.29, 1.82) is 0 Å². The zero-order chi connectivity index (χ0) is 14.3. The molecule has 1 heterocycles. The van der Waals surface area contributed by atoms with E-state index in [1.165, 1.54) is 0 Å². The monoisotopic (exact) mass is 367 g/mol. The predicted octanol–water partition coefficient (Wildman–Crippen LogP) is 2.83. The molecule has 0 radical (unpaired) electrons. The number of halogens is 1. The molecule has 8 heteroatoms. The lowest BCUT2D eigenvalue weighted by Crippen LogP contribution is -2.22. The zero-order valence-corrected chi connectivity index (χ0v) is 15.1. The number of nitrogens with zero attached hydrogens (tertiary/aromatic N) is 3. The third kappa shape index (κ3) is 7.45. The van der Waals surface area contributed by atoms with Crippen LogP contribution in [0, 0.1) is 0 Å². The third-order valence-corrected chi connectivity index (χ3v) is 5.45. The number of aliphatic hydroxyl groups excluding tert-OH is 1. The fraction of sp³-hybridized carbons (Fsp3) is 0.818. The van der Waals surface area contributed by atoms with Crippen LogP contribution in [0.4, 0.5) is 0 Å². The van der Waals surface area contributed by atoms with Crippen molar-refractivity contribution in [3.63, 3.8) is 0 Å². The van der Waals surface area contributed by atoms with Crippen LogP contribution in [-0.4, -0.2) is 46.9 Å². The fourth-order valence-corrected chi connectivity index (χ4v) is 3.33. The first-order chi connectivity index (χ1) is 8.92. The van der Waals surface area contributed by atoms with E-state index in [0.29, 0.717) is 11.5 Å². The lowest BCUT2D eigenvalue weighted by Gasteiger charge is -2.15. The maximum atomic E-state index is 8.78. The molecule has 0 saturated heterocycles. The van der Waals surface area contributed by atoms with E-state index < -0.39 is 8.07 Å². The summed E-state index contributed by atoms with van der Waals surface area (Å²) in [5.74, 6) is 0.830. The average Bonchev–Trinajstić information content (AvgIpc) is 2.65. The van der Waals surface area contributed by atoms with Crippen LogP contribution >= 0.6 is 27.7 Å². The predicted molar refractivity (Wildman–Crippen MR) is 84.3 cm³/mol. The van der Waals surface area contributed by atoms with Crippen LogP contribution in [0.1, 0.15) is 6.42 Å². The minimum atomic E-state index is -1.04. The normalized spacial score (nSPS) is 12.1. The second-order valence-electron chi connectivity index (χ2n) is 5.44. The Kier molecular flexibility index (Phi) is 7.59. The molecule has 0 atom stereocenters. The molecule has 0 fully saturated rings. The van der Waals surface area contributed by atoms with Crippen molar-refractivity contribution in [1.82, 2.24) is 14.8 Å². The Bertz CT molecular complexity index is 385. The van der Waals surface area contributed by atoms with Gasteiger partial charge in [0.1, 0.15) is 6.73 Å². The Labute approximate surface area is 128 Å². The molecule has 0 saturated carbocycles. The van der Waals surface area contributed by atoms with Gasteiger partial charge in [-0.05, 0) is 28.4 Å². The van der Waals surface area contributed by atoms with Crippen molar-refractivity contribution in [2.45, 2.75) is 44.0 Å². The highest BCUT2D eigenvalue weighted by Gasteiger charge is 2.13. The summed E-state index contributed by atoms with van der Waals surface area (Å²) in [4.78, 5) is 4.29. The number of hydrogen-bond acceptors (Lipinski definition) is 5. The van der Waals surface area contributed by atoms with Crippen molar-refractivity contribution >= 4 is 35.8 Å². The molecule has 0 amide bonds. The number of aliphatic hydroxyl groups is 1. The van der Waals surface area contributed by atoms with Gasteiger partial charge in [-0.2, -0.15) is 4.98 Å². The van der Waals surface area contributed by atoms with E-state index in [4.69, 9.17) is 9.84 Å². The highest BCUT2D eigenvalue weighted by molar-refractivity contribution is 9.10. The fourth-order valence-electron chi connectivity index (χ4n) is 1.25. The standard InChI is InChI=1S/C11H22BrN3O2SSi/c1-19(2,3)8-6-17-9-15-11(13-10(12)14-15)18-7-4-5-16/h16H,4-9H2,1-3H3. The van der Waals surface area contributed by atoms with Crippen molar-refractivity contribution in [2.75, 3.05) is 19.0 Å². The van der Waals surface area contributed by atoms with Crippen molar-refractivity contribution in [3.05, 3.63) is 4.73 Å². The first-order valence-corrected chi connectivity index (χ1v) is 11.8. The molecule has 1 N–H and O–H groups in total. The van der Waals surface area contributed by atoms with Gasteiger partial charge in [-0.1, -0.05) is 31.4 Å². The Balaban J connectivity index is 2.39. The van der Waals surface area contributed by atoms with Crippen molar-refractivity contribution in [3.8, 4) is 0 Å². The first-order valence-electron chi connectivity index (χ1n) is 6.34. The van der Waals surface area contributed by atoms with Crippen LogP contribution in [0.5, 0.6) is 0 Å². The molecular formula is C11H22BrN3O2SSi. The number of aromatic nitrogens is 3. The molecule has 0 bridgehead atoms. The van der Waals surface area contributed by atoms with Gasteiger partial charge in [0.25, 0.3) is 0 Å². The Morgan fingerprint density at radius 3 is 2.79 bits per heavy atom. The van der Waals surface area contributed by atoms with E-state index in [2.05, 4.69) is 45.7 Å². The Morgan fingerprint density at radius 2 is 2.16 bits per heavy atom. The quantitative estimate of drug-likeness (QED) is 0.413. The molecule has 0 aromatic carbocycles.